The van der Waals surface area contributed by atoms with E-state index in [0.717, 1.165) is 19.3 Å². The van der Waals surface area contributed by atoms with Gasteiger partial charge in [0.25, 0.3) is 0 Å². The monoisotopic (exact) mass is 351 g/mol. The number of ether oxygens (including phenoxy) is 1. The first-order chi connectivity index (χ1) is 12.2. The maximum atomic E-state index is 10.2. The average molecular weight is 351 g/mol. The fraction of sp³-hybridized carbons (Fsp3) is 0.650. The Balaban J connectivity index is 2.10. The molecule has 0 saturated carbocycles. The Kier molecular flexibility index (Phi) is 11.9. The Bertz CT molecular complexity index is 441. The summed E-state index contributed by atoms with van der Waals surface area (Å²) in [4.78, 5) is 14.7. The summed E-state index contributed by atoms with van der Waals surface area (Å²) in [5.74, 6) is -0.997. The van der Waals surface area contributed by atoms with Crippen LogP contribution in [0.1, 0.15) is 64.7 Å². The molecule has 0 bridgehead atoms. The van der Waals surface area contributed by atoms with Crippen molar-refractivity contribution in [3.63, 3.8) is 0 Å². The fourth-order valence-electron chi connectivity index (χ4n) is 2.62. The third-order valence-corrected chi connectivity index (χ3v) is 4.14. The molecule has 142 valence electrons. The Hall–Kier alpha value is -1.43. The van der Waals surface area contributed by atoms with Gasteiger partial charge >= 0.3 is 0 Å². The first-order valence-electron chi connectivity index (χ1n) is 9.31. The van der Waals surface area contributed by atoms with E-state index >= 15 is 0 Å². The molecule has 0 aromatic carbocycles. The van der Waals surface area contributed by atoms with Crippen LogP contribution in [0.3, 0.4) is 0 Å². The van der Waals surface area contributed by atoms with Crippen LogP contribution in [0.2, 0.25) is 0 Å². The van der Waals surface area contributed by atoms with Gasteiger partial charge in [-0.2, -0.15) is 0 Å². The number of carbonyl (C=O) groups is 1. The minimum absolute atomic E-state index is 0.107. The second kappa shape index (κ2) is 13.8. The van der Waals surface area contributed by atoms with Gasteiger partial charge in [-0.05, 0) is 32.1 Å². The molecule has 5 nitrogen and oxygen atoms in total. The van der Waals surface area contributed by atoms with Crippen LogP contribution >= 0.6 is 0 Å². The van der Waals surface area contributed by atoms with Crippen molar-refractivity contribution in [3.05, 3.63) is 36.5 Å². The lowest BCUT2D eigenvalue weighted by atomic mass is 10.1. The summed E-state index contributed by atoms with van der Waals surface area (Å²) in [5.41, 5.74) is 0. The van der Waals surface area contributed by atoms with Crippen LogP contribution in [0.15, 0.2) is 36.5 Å². The molecule has 0 aromatic heterocycles. The van der Waals surface area contributed by atoms with E-state index in [2.05, 4.69) is 11.8 Å². The van der Waals surface area contributed by atoms with Gasteiger partial charge in [-0.3, -0.25) is 5.26 Å². The molecule has 5 heteroatoms. The molecule has 0 spiro atoms. The largest absolute Gasteiger partial charge is 0.550 e. The summed E-state index contributed by atoms with van der Waals surface area (Å²) >= 11 is 0. The second-order valence-corrected chi connectivity index (χ2v) is 6.37. The first-order valence-corrected chi connectivity index (χ1v) is 9.31. The lowest BCUT2D eigenvalue weighted by Crippen LogP contribution is -2.21. The van der Waals surface area contributed by atoms with E-state index in [1.165, 1.54) is 19.3 Å². The highest BCUT2D eigenvalue weighted by molar-refractivity contribution is 5.64. The number of carbonyl (C=O) groups excluding carboxylic acids is 1. The van der Waals surface area contributed by atoms with Crippen molar-refractivity contribution in [2.75, 3.05) is 0 Å². The number of rotatable bonds is 15. The van der Waals surface area contributed by atoms with Crippen molar-refractivity contribution in [2.45, 2.75) is 83.0 Å². The normalized spacial score (nSPS) is 21.5. The van der Waals surface area contributed by atoms with E-state index < -0.39 is 5.97 Å². The Labute approximate surface area is 151 Å². The summed E-state index contributed by atoms with van der Waals surface area (Å²) in [7, 11) is 0. The number of carboxylic acid groups (broad SMARTS) is 1. The molecule has 0 unspecified atom stereocenters. The Morgan fingerprint density at radius 3 is 2.76 bits per heavy atom. The minimum atomic E-state index is -0.997. The molecular weight excluding hydrogens is 320 g/mol. The number of hydrogen-bond acceptors (Lipinski definition) is 5. The van der Waals surface area contributed by atoms with E-state index in [9.17, 15) is 9.90 Å². The molecular formula is C20H31O5-. The smallest absolute Gasteiger partial charge is 0.114 e. The lowest BCUT2D eigenvalue weighted by molar-refractivity contribution is -0.305. The highest BCUT2D eigenvalue weighted by Crippen LogP contribution is 2.31. The molecule has 3 atom stereocenters. The van der Waals surface area contributed by atoms with Crippen LogP contribution in [0.4, 0.5) is 0 Å². The predicted molar refractivity (Wildman–Crippen MR) is 95.8 cm³/mol. The molecule has 0 aromatic rings. The van der Waals surface area contributed by atoms with Gasteiger partial charge in [0.05, 0.1) is 12.2 Å². The number of unbranched alkanes of at least 4 members (excludes halogenated alkanes) is 3. The van der Waals surface area contributed by atoms with E-state index in [1.54, 1.807) is 0 Å². The lowest BCUT2D eigenvalue weighted by Gasteiger charge is -2.05. The van der Waals surface area contributed by atoms with Gasteiger partial charge < -0.3 is 14.6 Å². The van der Waals surface area contributed by atoms with Crippen LogP contribution in [-0.2, 0) is 14.4 Å². The van der Waals surface area contributed by atoms with E-state index in [0.29, 0.717) is 18.9 Å². The van der Waals surface area contributed by atoms with Crippen LogP contribution in [0.25, 0.3) is 0 Å². The van der Waals surface area contributed by atoms with Crippen molar-refractivity contribution in [1.29, 1.82) is 0 Å². The number of hydrogen-bond donors (Lipinski definition) is 1. The van der Waals surface area contributed by atoms with Crippen LogP contribution in [0, 0.1) is 0 Å². The molecule has 1 aliphatic heterocycles. The SMILES string of the molecule is CCCCC[C@H]1O[C@H]1C[C@@H](/C=C/C=C\C/C=C\CCCC(=O)[O-])OO. The number of aliphatic carboxylic acids is 1. The van der Waals surface area contributed by atoms with Gasteiger partial charge in [-0.15, -0.1) is 0 Å². The molecule has 0 radical (unpaired) electrons. The van der Waals surface area contributed by atoms with Gasteiger partial charge in [0.15, 0.2) is 0 Å². The zero-order chi connectivity index (χ0) is 18.3. The summed E-state index contributed by atoms with van der Waals surface area (Å²) < 4.78 is 5.61. The van der Waals surface area contributed by atoms with Crippen LogP contribution in [-0.4, -0.2) is 29.5 Å². The van der Waals surface area contributed by atoms with Crippen LogP contribution < -0.4 is 5.11 Å². The van der Waals surface area contributed by atoms with Crippen molar-refractivity contribution in [2.24, 2.45) is 0 Å². The van der Waals surface area contributed by atoms with Crippen molar-refractivity contribution in [1.82, 2.24) is 0 Å². The van der Waals surface area contributed by atoms with Gasteiger partial charge in [0, 0.05) is 12.4 Å². The highest BCUT2D eigenvalue weighted by Gasteiger charge is 2.39. The molecule has 1 saturated heterocycles. The van der Waals surface area contributed by atoms with Gasteiger partial charge in [0.2, 0.25) is 0 Å². The number of carboxylic acids is 1. The third-order valence-electron chi connectivity index (χ3n) is 4.14. The summed E-state index contributed by atoms with van der Waals surface area (Å²) in [5, 5.41) is 19.2. The molecule has 0 amide bonds. The Morgan fingerprint density at radius 1 is 1.20 bits per heavy atom. The molecule has 1 N–H and O–H groups in total. The quantitative estimate of drug-likeness (QED) is 0.122. The maximum absolute atomic E-state index is 10.2. The molecule has 0 aliphatic carbocycles. The number of allylic oxidation sites excluding steroid dienone is 5. The summed E-state index contributed by atoms with van der Waals surface area (Å²) in [6.45, 7) is 2.19. The van der Waals surface area contributed by atoms with E-state index in [-0.39, 0.29) is 18.6 Å². The topological polar surface area (TPSA) is 82.1 Å². The summed E-state index contributed by atoms with van der Waals surface area (Å²) in [6.07, 6.45) is 19.4. The zero-order valence-corrected chi connectivity index (χ0v) is 15.1. The fourth-order valence-corrected chi connectivity index (χ4v) is 2.62. The van der Waals surface area contributed by atoms with Gasteiger partial charge in [0.1, 0.15) is 6.10 Å². The average Bonchev–Trinajstić information content (AvgIpc) is 3.33. The minimum Gasteiger partial charge on any atom is -0.550 e. The zero-order valence-electron chi connectivity index (χ0n) is 15.1. The van der Waals surface area contributed by atoms with E-state index in [4.69, 9.17) is 9.99 Å². The second-order valence-electron chi connectivity index (χ2n) is 6.37. The van der Waals surface area contributed by atoms with Gasteiger partial charge in [-0.1, -0.05) is 62.6 Å². The first kappa shape index (κ1) is 21.6. The molecule has 1 heterocycles. The third kappa shape index (κ3) is 11.7. The maximum Gasteiger partial charge on any atom is 0.114 e. The van der Waals surface area contributed by atoms with Crippen LogP contribution in [0.5, 0.6) is 0 Å². The van der Waals surface area contributed by atoms with Crippen molar-refractivity contribution >= 4 is 5.97 Å². The molecule has 25 heavy (non-hydrogen) atoms. The van der Waals surface area contributed by atoms with Crippen molar-refractivity contribution in [3.8, 4) is 0 Å². The molecule has 1 aliphatic rings. The van der Waals surface area contributed by atoms with E-state index in [1.807, 2.05) is 36.5 Å². The number of epoxide rings is 1. The predicted octanol–water partition coefficient (Wildman–Crippen LogP) is 3.56. The molecule has 1 fully saturated rings. The standard InChI is InChI=1S/C20H32O5/c1-2-3-10-14-18-19(24-18)16-17(25-23)13-11-8-6-4-5-7-9-12-15-20(21)22/h5-8,11,13,17-19,23H,2-4,9-10,12,14-16H2,1H3,(H,21,22)/p-1/b7-5-,8-6-,13-11+/t17-,18-,19+/m1/s1. The molecule has 1 rings (SSSR count). The van der Waals surface area contributed by atoms with Gasteiger partial charge in [-0.25, -0.2) is 4.89 Å². The van der Waals surface area contributed by atoms with Crippen molar-refractivity contribution < 1.29 is 24.8 Å². The highest BCUT2D eigenvalue weighted by atomic mass is 17.1. The Morgan fingerprint density at radius 2 is 2.04 bits per heavy atom. The summed E-state index contributed by atoms with van der Waals surface area (Å²) in [6, 6.07) is 0.